The monoisotopic (exact) mass is 415 g/mol. The van der Waals surface area contributed by atoms with Crippen molar-refractivity contribution in [2.24, 2.45) is 29.6 Å². The first kappa shape index (κ1) is 18.0. The van der Waals surface area contributed by atoms with E-state index in [0.717, 1.165) is 12.8 Å². The van der Waals surface area contributed by atoms with E-state index in [2.05, 4.69) is 41.7 Å². The van der Waals surface area contributed by atoms with E-state index < -0.39 is 0 Å². The number of ketones is 1. The van der Waals surface area contributed by atoms with Crippen molar-refractivity contribution in [1.29, 1.82) is 0 Å². The first-order valence-corrected chi connectivity index (χ1v) is 11.5. The molecule has 4 aliphatic carbocycles. The Labute approximate surface area is 181 Å². The Morgan fingerprint density at radius 2 is 1.71 bits per heavy atom. The Hall–Kier alpha value is -2.66. The zero-order valence-electron chi connectivity index (χ0n) is 17.2. The molecule has 7 rings (SSSR count). The molecule has 1 aliphatic heterocycles. The molecule has 158 valence electrons. The van der Waals surface area contributed by atoms with Gasteiger partial charge in [-0.3, -0.25) is 4.79 Å². The highest BCUT2D eigenvalue weighted by atomic mass is 16.5. The van der Waals surface area contributed by atoms with Crippen LogP contribution in [0.25, 0.3) is 11.1 Å². The molecule has 2 bridgehead atoms. The van der Waals surface area contributed by atoms with Gasteiger partial charge in [0.25, 0.3) is 0 Å². The minimum atomic E-state index is -0.368. The minimum absolute atomic E-state index is 0.0671. The number of rotatable bonds is 4. The molecular weight excluding hydrogens is 390 g/mol. The van der Waals surface area contributed by atoms with Gasteiger partial charge in [-0.15, -0.1) is 0 Å². The van der Waals surface area contributed by atoms with Crippen LogP contribution in [0, 0.1) is 29.6 Å². The van der Waals surface area contributed by atoms with Gasteiger partial charge in [0.2, 0.25) is 0 Å². The minimum Gasteiger partial charge on any atom is -0.449 e. The van der Waals surface area contributed by atoms with E-state index in [-0.39, 0.29) is 30.1 Å². The summed E-state index contributed by atoms with van der Waals surface area (Å²) in [6.07, 6.45) is 1.68. The molecule has 0 aromatic heterocycles. The van der Waals surface area contributed by atoms with Gasteiger partial charge in [-0.05, 0) is 58.8 Å². The largest absolute Gasteiger partial charge is 0.449 e. The molecule has 2 aromatic rings. The van der Waals surface area contributed by atoms with Crippen LogP contribution in [0.4, 0.5) is 4.79 Å². The second-order valence-electron chi connectivity index (χ2n) is 9.86. The molecular formula is C26H25NO4. The molecule has 1 amide bonds. The Morgan fingerprint density at radius 3 is 2.45 bits per heavy atom. The van der Waals surface area contributed by atoms with Crippen LogP contribution in [0.5, 0.6) is 0 Å². The quantitative estimate of drug-likeness (QED) is 0.826. The second kappa shape index (κ2) is 6.42. The second-order valence-corrected chi connectivity index (χ2v) is 9.86. The van der Waals surface area contributed by atoms with Crippen LogP contribution >= 0.6 is 0 Å². The number of ether oxygens (including phenoxy) is 2. The van der Waals surface area contributed by atoms with Gasteiger partial charge in [0.05, 0.1) is 6.10 Å². The van der Waals surface area contributed by atoms with E-state index in [9.17, 15) is 9.59 Å². The Bertz CT molecular complexity index is 1050. The number of nitrogens with one attached hydrogen (secondary N) is 1. The van der Waals surface area contributed by atoms with Crippen molar-refractivity contribution in [3.8, 4) is 11.1 Å². The Balaban J connectivity index is 1.01. The van der Waals surface area contributed by atoms with Crippen LogP contribution < -0.4 is 5.32 Å². The normalized spacial score (nSPS) is 36.0. The van der Waals surface area contributed by atoms with E-state index in [1.807, 2.05) is 12.1 Å². The molecule has 7 atom stereocenters. The predicted octanol–water partition coefficient (Wildman–Crippen LogP) is 3.76. The number of amides is 1. The average Bonchev–Trinajstić information content (AvgIpc) is 3.54. The Kier molecular flexibility index (Phi) is 3.72. The highest BCUT2D eigenvalue weighted by molar-refractivity contribution is 5.90. The lowest BCUT2D eigenvalue weighted by molar-refractivity contribution is -0.133. The summed E-state index contributed by atoms with van der Waals surface area (Å²) in [5, 5.41) is 2.99. The molecule has 0 radical (unpaired) electrons. The number of carbonyl (C=O) groups excluding carboxylic acids is 2. The van der Waals surface area contributed by atoms with Crippen molar-refractivity contribution < 1.29 is 19.1 Å². The number of hydrogen-bond donors (Lipinski definition) is 1. The summed E-state index contributed by atoms with van der Waals surface area (Å²) < 4.78 is 11.7. The van der Waals surface area contributed by atoms with Gasteiger partial charge in [-0.2, -0.15) is 0 Å². The summed E-state index contributed by atoms with van der Waals surface area (Å²) in [6, 6.07) is 16.7. The van der Waals surface area contributed by atoms with Crippen molar-refractivity contribution >= 4 is 11.9 Å². The summed E-state index contributed by atoms with van der Waals surface area (Å²) in [5.41, 5.74) is 4.88. The summed E-state index contributed by atoms with van der Waals surface area (Å²) >= 11 is 0. The third-order valence-corrected chi connectivity index (χ3v) is 8.65. The molecule has 1 saturated heterocycles. The fourth-order valence-electron chi connectivity index (χ4n) is 7.58. The van der Waals surface area contributed by atoms with E-state index >= 15 is 0 Å². The summed E-state index contributed by atoms with van der Waals surface area (Å²) in [4.78, 5) is 25.1. The van der Waals surface area contributed by atoms with E-state index in [1.54, 1.807) is 0 Å². The number of fused-ring (bicyclic) bond motifs is 5. The first-order valence-electron chi connectivity index (χ1n) is 11.5. The van der Waals surface area contributed by atoms with Gasteiger partial charge < -0.3 is 14.8 Å². The maximum Gasteiger partial charge on any atom is 0.407 e. The van der Waals surface area contributed by atoms with Crippen LogP contribution in [0.15, 0.2) is 48.5 Å². The molecule has 4 fully saturated rings. The van der Waals surface area contributed by atoms with Gasteiger partial charge in [0, 0.05) is 18.4 Å². The number of hydrogen-bond acceptors (Lipinski definition) is 4. The molecule has 31 heavy (non-hydrogen) atoms. The molecule has 0 spiro atoms. The van der Waals surface area contributed by atoms with Gasteiger partial charge in [-0.1, -0.05) is 48.5 Å². The highest BCUT2D eigenvalue weighted by Gasteiger charge is 2.69. The van der Waals surface area contributed by atoms with Gasteiger partial charge in [-0.25, -0.2) is 4.79 Å². The number of Topliss-reactive ketones (excluding diaryl/α,β-unsaturated/α-hetero) is 1. The molecule has 3 saturated carbocycles. The molecule has 5 heteroatoms. The van der Waals surface area contributed by atoms with Crippen LogP contribution in [-0.2, 0) is 14.3 Å². The standard InChI is InChI=1S/C26H25NO4/c28-24-18-10-19-23-21(31-25(19)24)9-13(22(18)23)11-27-26(29)30-12-20-16-7-3-1-5-14(16)15-6-2-4-8-17(15)20/h1-8,13,18-23,25H,9-12H2,(H,27,29)/t13-,18+,19-,21+,22-,23+,25+/m1/s1. The van der Waals surface area contributed by atoms with E-state index in [1.165, 1.54) is 22.3 Å². The van der Waals surface area contributed by atoms with Crippen LogP contribution in [0.1, 0.15) is 29.9 Å². The van der Waals surface area contributed by atoms with Crippen LogP contribution in [0.2, 0.25) is 0 Å². The molecule has 1 N–H and O–H groups in total. The van der Waals surface area contributed by atoms with E-state index in [0.29, 0.717) is 42.6 Å². The van der Waals surface area contributed by atoms with Crippen molar-refractivity contribution in [3.05, 3.63) is 59.7 Å². The summed E-state index contributed by atoms with van der Waals surface area (Å²) in [7, 11) is 0. The number of alkyl carbamates (subject to hydrolysis) is 1. The Morgan fingerprint density at radius 1 is 1.00 bits per heavy atom. The maximum absolute atomic E-state index is 12.6. The fourth-order valence-corrected chi connectivity index (χ4v) is 7.58. The van der Waals surface area contributed by atoms with Gasteiger partial charge >= 0.3 is 6.09 Å². The van der Waals surface area contributed by atoms with Crippen molar-refractivity contribution in [2.75, 3.05) is 13.2 Å². The number of benzene rings is 2. The average molecular weight is 415 g/mol. The smallest absolute Gasteiger partial charge is 0.407 e. The fraction of sp³-hybridized carbons (Fsp3) is 0.462. The van der Waals surface area contributed by atoms with Crippen molar-refractivity contribution in [2.45, 2.75) is 31.0 Å². The molecule has 1 heterocycles. The topological polar surface area (TPSA) is 64.6 Å². The van der Waals surface area contributed by atoms with Gasteiger partial charge in [0.1, 0.15) is 12.7 Å². The molecule has 5 aliphatic rings. The third-order valence-electron chi connectivity index (χ3n) is 8.65. The maximum atomic E-state index is 12.6. The first-order chi connectivity index (χ1) is 15.2. The molecule has 2 aromatic carbocycles. The van der Waals surface area contributed by atoms with Crippen molar-refractivity contribution in [3.63, 3.8) is 0 Å². The third kappa shape index (κ3) is 2.41. The lowest BCUT2D eigenvalue weighted by atomic mass is 9.77. The van der Waals surface area contributed by atoms with E-state index in [4.69, 9.17) is 9.47 Å². The molecule has 5 nitrogen and oxygen atoms in total. The van der Waals surface area contributed by atoms with Crippen LogP contribution in [0.3, 0.4) is 0 Å². The SMILES string of the molecule is O=C(NC[C@H]1C[C@@H]2O[C@@H]3C(=O)[C@H]4C[C@@H]3[C@@H]2[C@H]14)OCC1c2ccccc2-c2ccccc21. The van der Waals surface area contributed by atoms with Crippen molar-refractivity contribution in [1.82, 2.24) is 5.32 Å². The zero-order chi connectivity index (χ0) is 20.7. The number of carbonyl (C=O) groups is 2. The lowest BCUT2D eigenvalue weighted by Crippen LogP contribution is -2.39. The highest BCUT2D eigenvalue weighted by Crippen LogP contribution is 2.64. The lowest BCUT2D eigenvalue weighted by Gasteiger charge is -2.28. The predicted molar refractivity (Wildman–Crippen MR) is 113 cm³/mol. The summed E-state index contributed by atoms with van der Waals surface area (Å²) in [5.74, 6) is 2.21. The molecule has 0 unspecified atom stereocenters. The van der Waals surface area contributed by atoms with Crippen LogP contribution in [-0.4, -0.2) is 37.2 Å². The zero-order valence-corrected chi connectivity index (χ0v) is 17.2. The van der Waals surface area contributed by atoms with Gasteiger partial charge in [0.15, 0.2) is 5.78 Å². The summed E-state index contributed by atoms with van der Waals surface area (Å²) in [6.45, 7) is 0.895.